The van der Waals surface area contributed by atoms with Gasteiger partial charge in [0, 0.05) is 52.1 Å². The Bertz CT molecular complexity index is 864. The van der Waals surface area contributed by atoms with Gasteiger partial charge in [0.2, 0.25) is 11.8 Å². The smallest absolute Gasteiger partial charge is 0.224 e. The van der Waals surface area contributed by atoms with Crippen molar-refractivity contribution in [2.45, 2.75) is 25.3 Å². The molecule has 0 atom stereocenters. The molecule has 2 saturated heterocycles. The summed E-state index contributed by atoms with van der Waals surface area (Å²) < 4.78 is 26.9. The number of hydrogen-bond donors (Lipinski definition) is 0. The number of benzene rings is 2. The number of carbonyl (C=O) groups excluding carboxylic acids is 2. The first-order valence-corrected chi connectivity index (χ1v) is 10.8. The van der Waals surface area contributed by atoms with Gasteiger partial charge in [-0.15, -0.1) is 0 Å². The quantitative estimate of drug-likeness (QED) is 0.711. The fourth-order valence-corrected chi connectivity index (χ4v) is 4.46. The van der Waals surface area contributed by atoms with Crippen LogP contribution in [0, 0.1) is 11.6 Å². The lowest BCUT2D eigenvalue weighted by molar-refractivity contribution is -0.134. The molecule has 0 aliphatic carbocycles. The van der Waals surface area contributed by atoms with Gasteiger partial charge in [-0.25, -0.2) is 8.78 Å². The molecule has 0 aromatic heterocycles. The Morgan fingerprint density at radius 1 is 0.839 bits per heavy atom. The SMILES string of the molecule is O=C1CCCN1CCC(=O)N1CCN(C(c2ccc(F)cc2)c2ccc(F)cc2)CC1. The lowest BCUT2D eigenvalue weighted by atomic mass is 9.96. The molecule has 2 aromatic carbocycles. The third-order valence-corrected chi connectivity index (χ3v) is 6.17. The summed E-state index contributed by atoms with van der Waals surface area (Å²) in [6.45, 7) is 3.74. The maximum Gasteiger partial charge on any atom is 0.224 e. The number of carbonyl (C=O) groups is 2. The Balaban J connectivity index is 1.41. The van der Waals surface area contributed by atoms with Crippen LogP contribution in [0.3, 0.4) is 0 Å². The van der Waals surface area contributed by atoms with Gasteiger partial charge in [-0.2, -0.15) is 0 Å². The topological polar surface area (TPSA) is 43.9 Å². The molecule has 0 N–H and O–H groups in total. The highest BCUT2D eigenvalue weighted by molar-refractivity contribution is 5.80. The second kappa shape index (κ2) is 9.56. The Labute approximate surface area is 181 Å². The molecule has 2 aliphatic heterocycles. The minimum Gasteiger partial charge on any atom is -0.342 e. The van der Waals surface area contributed by atoms with E-state index in [9.17, 15) is 18.4 Å². The predicted octanol–water partition coefficient (Wildman–Crippen LogP) is 3.21. The molecule has 4 rings (SSSR count). The van der Waals surface area contributed by atoms with Crippen molar-refractivity contribution in [3.63, 3.8) is 0 Å². The third-order valence-electron chi connectivity index (χ3n) is 6.17. The number of piperazine rings is 1. The van der Waals surface area contributed by atoms with Crippen molar-refractivity contribution in [1.82, 2.24) is 14.7 Å². The molecule has 31 heavy (non-hydrogen) atoms. The van der Waals surface area contributed by atoms with Gasteiger partial charge in [-0.3, -0.25) is 14.5 Å². The van der Waals surface area contributed by atoms with Crippen LogP contribution < -0.4 is 0 Å². The van der Waals surface area contributed by atoms with Crippen molar-refractivity contribution in [2.24, 2.45) is 0 Å². The van der Waals surface area contributed by atoms with Crippen LogP contribution in [0.1, 0.15) is 36.4 Å². The lowest BCUT2D eigenvalue weighted by Crippen LogP contribution is -2.50. The summed E-state index contributed by atoms with van der Waals surface area (Å²) in [4.78, 5) is 30.2. The molecular weight excluding hydrogens is 400 g/mol. The highest BCUT2D eigenvalue weighted by Crippen LogP contribution is 2.30. The first-order chi connectivity index (χ1) is 15.0. The Morgan fingerprint density at radius 2 is 1.39 bits per heavy atom. The van der Waals surface area contributed by atoms with E-state index in [1.807, 2.05) is 4.90 Å². The molecule has 0 spiro atoms. The summed E-state index contributed by atoms with van der Waals surface area (Å²) in [5.74, 6) is -0.388. The van der Waals surface area contributed by atoms with Gasteiger partial charge in [-0.1, -0.05) is 24.3 Å². The van der Waals surface area contributed by atoms with Gasteiger partial charge in [0.25, 0.3) is 0 Å². The van der Waals surface area contributed by atoms with Crippen molar-refractivity contribution in [3.8, 4) is 0 Å². The van der Waals surface area contributed by atoms with Gasteiger partial charge in [-0.05, 0) is 41.8 Å². The van der Waals surface area contributed by atoms with E-state index in [1.165, 1.54) is 24.3 Å². The summed E-state index contributed by atoms with van der Waals surface area (Å²) in [6.07, 6.45) is 1.81. The zero-order chi connectivity index (χ0) is 21.8. The molecule has 0 bridgehead atoms. The van der Waals surface area contributed by atoms with Crippen molar-refractivity contribution >= 4 is 11.8 Å². The minimum atomic E-state index is -0.298. The first kappa shape index (κ1) is 21.4. The number of amides is 2. The average Bonchev–Trinajstić information content (AvgIpc) is 3.20. The van der Waals surface area contributed by atoms with Gasteiger partial charge in [0.15, 0.2) is 0 Å². The largest absolute Gasteiger partial charge is 0.342 e. The molecule has 0 radical (unpaired) electrons. The van der Waals surface area contributed by atoms with E-state index < -0.39 is 0 Å². The van der Waals surface area contributed by atoms with Crippen LogP contribution in [0.15, 0.2) is 48.5 Å². The van der Waals surface area contributed by atoms with Crippen molar-refractivity contribution in [2.75, 3.05) is 39.3 Å². The monoisotopic (exact) mass is 427 g/mol. The van der Waals surface area contributed by atoms with E-state index >= 15 is 0 Å². The Hall–Kier alpha value is -2.80. The van der Waals surface area contributed by atoms with Crippen LogP contribution in [0.2, 0.25) is 0 Å². The molecular formula is C24H27F2N3O2. The summed E-state index contributed by atoms with van der Waals surface area (Å²) in [7, 11) is 0. The fourth-order valence-electron chi connectivity index (χ4n) is 4.46. The Kier molecular flexibility index (Phi) is 6.61. The van der Waals surface area contributed by atoms with E-state index in [4.69, 9.17) is 0 Å². The minimum absolute atomic E-state index is 0.0689. The van der Waals surface area contributed by atoms with E-state index in [-0.39, 0.29) is 29.5 Å². The number of likely N-dealkylation sites (tertiary alicyclic amines) is 1. The molecule has 2 heterocycles. The van der Waals surface area contributed by atoms with Crippen LogP contribution in [0.25, 0.3) is 0 Å². The molecule has 0 unspecified atom stereocenters. The van der Waals surface area contributed by atoms with E-state index in [1.54, 1.807) is 29.2 Å². The summed E-state index contributed by atoms with van der Waals surface area (Å²) >= 11 is 0. The normalized spacial score (nSPS) is 17.6. The lowest BCUT2D eigenvalue weighted by Gasteiger charge is -2.40. The van der Waals surface area contributed by atoms with Crippen molar-refractivity contribution in [3.05, 3.63) is 71.3 Å². The number of rotatable bonds is 6. The number of nitrogens with zero attached hydrogens (tertiary/aromatic N) is 3. The van der Waals surface area contributed by atoms with Crippen LogP contribution in [0.4, 0.5) is 8.78 Å². The second-order valence-electron chi connectivity index (χ2n) is 8.16. The summed E-state index contributed by atoms with van der Waals surface area (Å²) in [5.41, 5.74) is 1.86. The highest BCUT2D eigenvalue weighted by atomic mass is 19.1. The fraction of sp³-hybridized carbons (Fsp3) is 0.417. The van der Waals surface area contributed by atoms with Gasteiger partial charge < -0.3 is 9.80 Å². The molecule has 5 nitrogen and oxygen atoms in total. The second-order valence-corrected chi connectivity index (χ2v) is 8.16. The molecule has 0 saturated carbocycles. The van der Waals surface area contributed by atoms with Gasteiger partial charge in [0.05, 0.1) is 6.04 Å². The van der Waals surface area contributed by atoms with Crippen LogP contribution in [0.5, 0.6) is 0 Å². The number of halogens is 2. The van der Waals surface area contributed by atoms with E-state index in [0.717, 1.165) is 24.1 Å². The Morgan fingerprint density at radius 3 is 1.87 bits per heavy atom. The average molecular weight is 427 g/mol. The molecule has 2 aromatic rings. The summed E-state index contributed by atoms with van der Waals surface area (Å²) in [6, 6.07) is 12.6. The zero-order valence-corrected chi connectivity index (χ0v) is 17.5. The predicted molar refractivity (Wildman–Crippen MR) is 113 cm³/mol. The standard InChI is InChI=1S/C24H27F2N3O2/c25-20-7-3-18(4-8-20)24(19-5-9-21(26)10-6-19)29-16-14-28(15-17-29)23(31)11-13-27-12-1-2-22(27)30/h3-10,24H,1-2,11-17H2. The third kappa shape index (κ3) is 5.10. The molecule has 164 valence electrons. The van der Waals surface area contributed by atoms with Crippen molar-refractivity contribution < 1.29 is 18.4 Å². The maximum atomic E-state index is 13.5. The van der Waals surface area contributed by atoms with Crippen LogP contribution >= 0.6 is 0 Å². The van der Waals surface area contributed by atoms with Gasteiger partial charge >= 0.3 is 0 Å². The highest BCUT2D eigenvalue weighted by Gasteiger charge is 2.29. The van der Waals surface area contributed by atoms with Crippen molar-refractivity contribution in [1.29, 1.82) is 0 Å². The molecule has 2 fully saturated rings. The van der Waals surface area contributed by atoms with Gasteiger partial charge in [0.1, 0.15) is 11.6 Å². The summed E-state index contributed by atoms with van der Waals surface area (Å²) in [5, 5.41) is 0. The molecule has 2 aliphatic rings. The van der Waals surface area contributed by atoms with Crippen LogP contribution in [-0.4, -0.2) is 65.8 Å². The zero-order valence-electron chi connectivity index (χ0n) is 17.5. The first-order valence-electron chi connectivity index (χ1n) is 10.8. The molecule has 7 heteroatoms. The maximum absolute atomic E-state index is 13.5. The molecule has 2 amide bonds. The number of hydrogen-bond acceptors (Lipinski definition) is 3. The van der Waals surface area contributed by atoms with E-state index in [0.29, 0.717) is 45.6 Å². The van der Waals surface area contributed by atoms with Crippen LogP contribution in [-0.2, 0) is 9.59 Å². The van der Waals surface area contributed by atoms with E-state index in [2.05, 4.69) is 4.90 Å².